The van der Waals surface area contributed by atoms with Crippen LogP contribution < -0.4 is 4.74 Å². The van der Waals surface area contributed by atoms with Crippen molar-refractivity contribution >= 4 is 11.8 Å². The summed E-state index contributed by atoms with van der Waals surface area (Å²) >= 11 is 0. The number of rotatable bonds is 12. The first-order valence-corrected chi connectivity index (χ1v) is 9.42. The molecule has 2 aromatic rings. The summed E-state index contributed by atoms with van der Waals surface area (Å²) in [5.74, 6) is -1.33. The molecule has 2 rings (SSSR count). The fourth-order valence-electron chi connectivity index (χ4n) is 2.52. The molecule has 0 N–H and O–H groups in total. The van der Waals surface area contributed by atoms with Gasteiger partial charge in [0.15, 0.2) is 12.4 Å². The van der Waals surface area contributed by atoms with E-state index in [0.29, 0.717) is 6.61 Å². The van der Waals surface area contributed by atoms with Gasteiger partial charge in [0.1, 0.15) is 5.75 Å². The Morgan fingerprint density at radius 1 is 0.900 bits per heavy atom. The fraction of sp³-hybridized carbons (Fsp3) is 0.364. The van der Waals surface area contributed by atoms with Crippen molar-refractivity contribution < 1.29 is 37.3 Å². The second-order valence-electron chi connectivity index (χ2n) is 6.30. The Morgan fingerprint density at radius 2 is 1.53 bits per heavy atom. The van der Waals surface area contributed by atoms with Gasteiger partial charge in [0, 0.05) is 12.2 Å². The molecule has 0 bridgehead atoms. The minimum Gasteiger partial charge on any atom is -0.465 e. The van der Waals surface area contributed by atoms with Gasteiger partial charge in [-0.05, 0) is 30.7 Å². The van der Waals surface area contributed by atoms with Crippen molar-refractivity contribution in [1.82, 2.24) is 0 Å². The lowest BCUT2D eigenvalue weighted by atomic mass is 10.0. The third kappa shape index (κ3) is 6.89. The Kier molecular flexibility index (Phi) is 8.89. The number of ketones is 1. The van der Waals surface area contributed by atoms with Gasteiger partial charge >= 0.3 is 12.1 Å². The fourth-order valence-corrected chi connectivity index (χ4v) is 2.52. The zero-order valence-corrected chi connectivity index (χ0v) is 16.9. The van der Waals surface area contributed by atoms with Crippen LogP contribution in [0.3, 0.4) is 0 Å². The molecule has 0 aromatic heterocycles. The maximum Gasteiger partial charge on any atom is 0.421 e. The highest BCUT2D eigenvalue weighted by atomic mass is 19.3. The minimum absolute atomic E-state index is 0.00602. The van der Waals surface area contributed by atoms with Crippen LogP contribution in [0.15, 0.2) is 48.5 Å². The average Bonchev–Trinajstić information content (AvgIpc) is 2.75. The first kappa shape index (κ1) is 23.4. The quantitative estimate of drug-likeness (QED) is 0.291. The molecule has 8 heteroatoms. The summed E-state index contributed by atoms with van der Waals surface area (Å²) in [5.41, 5.74) is 0.450. The van der Waals surface area contributed by atoms with E-state index in [-0.39, 0.29) is 35.7 Å². The van der Waals surface area contributed by atoms with Crippen LogP contribution in [-0.4, -0.2) is 51.4 Å². The summed E-state index contributed by atoms with van der Waals surface area (Å²) < 4.78 is 47.8. The molecule has 0 unspecified atom stereocenters. The highest BCUT2D eigenvalue weighted by Crippen LogP contribution is 2.27. The molecule has 0 amide bonds. The lowest BCUT2D eigenvalue weighted by molar-refractivity contribution is -0.213. The Balaban J connectivity index is 2.06. The van der Waals surface area contributed by atoms with Crippen LogP contribution >= 0.6 is 0 Å². The number of hydrogen-bond acceptors (Lipinski definition) is 6. The molecule has 0 aliphatic heterocycles. The van der Waals surface area contributed by atoms with Crippen LogP contribution in [0, 0.1) is 0 Å². The molecule has 30 heavy (non-hydrogen) atoms. The number of methoxy groups -OCH3 is 1. The van der Waals surface area contributed by atoms with E-state index in [9.17, 15) is 18.4 Å². The van der Waals surface area contributed by atoms with Crippen LogP contribution in [0.2, 0.25) is 0 Å². The van der Waals surface area contributed by atoms with Crippen molar-refractivity contribution in [2.75, 3.05) is 33.5 Å². The van der Waals surface area contributed by atoms with Crippen molar-refractivity contribution in [3.05, 3.63) is 65.2 Å². The van der Waals surface area contributed by atoms with Crippen LogP contribution in [0.1, 0.15) is 39.6 Å². The molecule has 0 atom stereocenters. The number of halogens is 2. The highest BCUT2D eigenvalue weighted by molar-refractivity contribution is 6.11. The number of para-hydroxylation sites is 1. The summed E-state index contributed by atoms with van der Waals surface area (Å²) in [6, 6.07) is 11.4. The molecule has 0 heterocycles. The number of esters is 1. The predicted molar refractivity (Wildman–Crippen MR) is 105 cm³/mol. The van der Waals surface area contributed by atoms with Gasteiger partial charge in [-0.15, -0.1) is 0 Å². The van der Waals surface area contributed by atoms with Crippen molar-refractivity contribution in [3.8, 4) is 5.75 Å². The number of carbonyl (C=O) groups excluding carboxylic acids is 2. The molecule has 0 saturated heterocycles. The van der Waals surface area contributed by atoms with Crippen molar-refractivity contribution in [3.63, 3.8) is 0 Å². The summed E-state index contributed by atoms with van der Waals surface area (Å²) in [5, 5.41) is 0. The van der Waals surface area contributed by atoms with Crippen LogP contribution in [0.5, 0.6) is 5.75 Å². The number of carbonyl (C=O) groups is 2. The van der Waals surface area contributed by atoms with E-state index in [0.717, 1.165) is 6.42 Å². The Hall–Kier alpha value is -2.84. The summed E-state index contributed by atoms with van der Waals surface area (Å²) in [7, 11) is 1.25. The molecular weight excluding hydrogens is 398 g/mol. The van der Waals surface area contributed by atoms with Crippen molar-refractivity contribution in [1.29, 1.82) is 0 Å². The lowest BCUT2D eigenvalue weighted by Gasteiger charge is -2.19. The second-order valence-corrected chi connectivity index (χ2v) is 6.30. The Morgan fingerprint density at radius 3 is 2.20 bits per heavy atom. The summed E-state index contributed by atoms with van der Waals surface area (Å²) in [4.78, 5) is 24.3. The normalized spacial score (nSPS) is 11.2. The SMILES string of the molecule is CCCOCCOCC(F)(F)Oc1ccccc1C(=O)c1ccc(C(=O)OC)cc1. The standard InChI is InChI=1S/C22H24F2O6/c1-3-12-28-13-14-29-15-22(23,24)30-19-7-5-4-6-18(19)20(25)16-8-10-17(11-9-16)21(26)27-2/h4-11H,3,12-15H2,1-2H3. The van der Waals surface area contributed by atoms with Gasteiger partial charge in [-0.1, -0.05) is 31.2 Å². The molecule has 0 saturated carbocycles. The van der Waals surface area contributed by atoms with Gasteiger partial charge in [0.2, 0.25) is 0 Å². The maximum absolute atomic E-state index is 14.2. The molecule has 6 nitrogen and oxygen atoms in total. The maximum atomic E-state index is 14.2. The largest absolute Gasteiger partial charge is 0.465 e. The van der Waals surface area contributed by atoms with Crippen molar-refractivity contribution in [2.45, 2.75) is 19.5 Å². The first-order valence-electron chi connectivity index (χ1n) is 9.42. The van der Waals surface area contributed by atoms with Crippen molar-refractivity contribution in [2.24, 2.45) is 0 Å². The first-order chi connectivity index (χ1) is 14.4. The number of hydrogen-bond donors (Lipinski definition) is 0. The molecule has 0 fully saturated rings. The topological polar surface area (TPSA) is 71.1 Å². The van der Waals surface area contributed by atoms with Crippen LogP contribution in [-0.2, 0) is 14.2 Å². The number of alkyl halides is 2. The average molecular weight is 422 g/mol. The van der Waals surface area contributed by atoms with Gasteiger partial charge in [-0.2, -0.15) is 8.78 Å². The molecule has 162 valence electrons. The highest BCUT2D eigenvalue weighted by Gasteiger charge is 2.33. The van der Waals surface area contributed by atoms with Gasteiger partial charge in [-0.3, -0.25) is 4.79 Å². The minimum atomic E-state index is -3.63. The predicted octanol–water partition coefficient (Wildman–Crippen LogP) is 4.12. The lowest BCUT2D eigenvalue weighted by Crippen LogP contribution is -2.32. The number of benzene rings is 2. The van der Waals surface area contributed by atoms with E-state index in [2.05, 4.69) is 4.74 Å². The second kappa shape index (κ2) is 11.4. The van der Waals surface area contributed by atoms with E-state index >= 15 is 0 Å². The van der Waals surface area contributed by atoms with Gasteiger partial charge in [0.05, 0.1) is 31.5 Å². The third-order valence-corrected chi connectivity index (χ3v) is 3.95. The molecule has 0 spiro atoms. The Labute approximate surface area is 173 Å². The van der Waals surface area contributed by atoms with Gasteiger partial charge < -0.3 is 18.9 Å². The third-order valence-electron chi connectivity index (χ3n) is 3.95. The Bertz CT molecular complexity index is 836. The zero-order chi connectivity index (χ0) is 22.0. The van der Waals surface area contributed by atoms with E-state index in [1.54, 1.807) is 6.07 Å². The van der Waals surface area contributed by atoms with E-state index in [4.69, 9.17) is 14.2 Å². The van der Waals surface area contributed by atoms with E-state index < -0.39 is 24.5 Å². The van der Waals surface area contributed by atoms with E-state index in [1.807, 2.05) is 6.92 Å². The van der Waals surface area contributed by atoms with Gasteiger partial charge in [-0.25, -0.2) is 4.79 Å². The van der Waals surface area contributed by atoms with E-state index in [1.165, 1.54) is 49.6 Å². The summed E-state index contributed by atoms with van der Waals surface area (Å²) in [6.45, 7) is 1.72. The molecule has 0 radical (unpaired) electrons. The zero-order valence-electron chi connectivity index (χ0n) is 16.9. The van der Waals surface area contributed by atoms with Crippen LogP contribution in [0.4, 0.5) is 8.78 Å². The monoisotopic (exact) mass is 422 g/mol. The van der Waals surface area contributed by atoms with Gasteiger partial charge in [0.25, 0.3) is 0 Å². The summed E-state index contributed by atoms with van der Waals surface area (Å²) in [6.07, 6.45) is -2.80. The van der Waals surface area contributed by atoms with Crippen LogP contribution in [0.25, 0.3) is 0 Å². The molecular formula is C22H24F2O6. The molecule has 0 aliphatic rings. The smallest absolute Gasteiger partial charge is 0.421 e. The molecule has 0 aliphatic carbocycles. The number of ether oxygens (including phenoxy) is 4. The molecule has 2 aromatic carbocycles.